The molecule has 0 radical (unpaired) electrons. The molecule has 0 saturated heterocycles. The quantitative estimate of drug-likeness (QED) is 0.928. The average Bonchev–Trinajstić information content (AvgIpc) is 2.31. The van der Waals surface area contributed by atoms with E-state index in [9.17, 15) is 4.39 Å². The second-order valence-electron chi connectivity index (χ2n) is 4.62. The first-order valence-electron chi connectivity index (χ1n) is 5.90. The number of hydrogen-bond donors (Lipinski definition) is 1. The fourth-order valence-corrected chi connectivity index (χ4v) is 3.37. The summed E-state index contributed by atoms with van der Waals surface area (Å²) in [5.41, 5.74) is 6.20. The van der Waals surface area contributed by atoms with Gasteiger partial charge in [-0.15, -0.1) is 0 Å². The zero-order chi connectivity index (χ0) is 13.3. The number of rotatable bonds is 4. The van der Waals surface area contributed by atoms with Crippen molar-refractivity contribution in [2.45, 2.75) is 24.7 Å². The van der Waals surface area contributed by atoms with Crippen LogP contribution in [0, 0.1) is 5.82 Å². The van der Waals surface area contributed by atoms with Gasteiger partial charge < -0.3 is 15.2 Å². The van der Waals surface area contributed by atoms with E-state index in [1.54, 1.807) is 6.07 Å². The molecule has 0 unspecified atom stereocenters. The lowest BCUT2D eigenvalue weighted by atomic mass is 9.64. The summed E-state index contributed by atoms with van der Waals surface area (Å²) in [5.74, 6) is 0.168. The molecule has 0 spiro atoms. The van der Waals surface area contributed by atoms with Crippen molar-refractivity contribution < 1.29 is 13.9 Å². The molecule has 0 atom stereocenters. The van der Waals surface area contributed by atoms with E-state index in [1.165, 1.54) is 14.2 Å². The van der Waals surface area contributed by atoms with Crippen LogP contribution >= 0.6 is 15.9 Å². The van der Waals surface area contributed by atoms with Crippen LogP contribution < -0.4 is 15.2 Å². The molecule has 0 aromatic heterocycles. The summed E-state index contributed by atoms with van der Waals surface area (Å²) in [6.07, 6.45) is 2.90. The number of halogens is 2. The Balaban J connectivity index is 2.61. The van der Waals surface area contributed by atoms with E-state index >= 15 is 0 Å². The monoisotopic (exact) mass is 317 g/mol. The molecule has 0 aliphatic heterocycles. The molecule has 18 heavy (non-hydrogen) atoms. The van der Waals surface area contributed by atoms with Gasteiger partial charge in [0, 0.05) is 22.0 Å². The molecule has 0 bridgehead atoms. The predicted molar refractivity (Wildman–Crippen MR) is 71.8 cm³/mol. The normalized spacial score (nSPS) is 17.2. The molecular weight excluding hydrogens is 301 g/mol. The third-order valence-electron chi connectivity index (χ3n) is 3.80. The molecule has 3 nitrogen and oxygen atoms in total. The Bertz CT molecular complexity index is 455. The van der Waals surface area contributed by atoms with Crippen LogP contribution in [0.2, 0.25) is 0 Å². The molecule has 1 aromatic rings. The van der Waals surface area contributed by atoms with Gasteiger partial charge in [0.25, 0.3) is 0 Å². The van der Waals surface area contributed by atoms with Gasteiger partial charge >= 0.3 is 0 Å². The molecule has 2 N–H and O–H groups in total. The SMILES string of the molecule is COc1cc(Br)c(C2(CN)CCC2)c(F)c1OC. The van der Waals surface area contributed by atoms with Crippen LogP contribution in [0.4, 0.5) is 4.39 Å². The highest BCUT2D eigenvalue weighted by Gasteiger charge is 2.42. The van der Waals surface area contributed by atoms with Gasteiger partial charge in [-0.25, -0.2) is 4.39 Å². The summed E-state index contributed by atoms with van der Waals surface area (Å²) in [4.78, 5) is 0. The molecule has 1 saturated carbocycles. The highest BCUT2D eigenvalue weighted by Crippen LogP contribution is 2.50. The molecule has 1 aromatic carbocycles. The Morgan fingerprint density at radius 2 is 2.06 bits per heavy atom. The number of benzene rings is 1. The van der Waals surface area contributed by atoms with Crippen molar-refractivity contribution in [3.8, 4) is 11.5 Å². The molecule has 1 aliphatic rings. The topological polar surface area (TPSA) is 44.5 Å². The second kappa shape index (κ2) is 5.05. The fraction of sp³-hybridized carbons (Fsp3) is 0.538. The Morgan fingerprint density at radius 1 is 1.39 bits per heavy atom. The number of hydrogen-bond acceptors (Lipinski definition) is 3. The average molecular weight is 318 g/mol. The molecule has 5 heteroatoms. The molecule has 2 rings (SSSR count). The summed E-state index contributed by atoms with van der Waals surface area (Å²) < 4.78 is 25.5. The van der Waals surface area contributed by atoms with Crippen molar-refractivity contribution in [1.29, 1.82) is 0 Å². The summed E-state index contributed by atoms with van der Waals surface area (Å²) in [6, 6.07) is 1.74. The van der Waals surface area contributed by atoms with Crippen LogP contribution in [0.3, 0.4) is 0 Å². The van der Waals surface area contributed by atoms with Crippen molar-refractivity contribution in [2.75, 3.05) is 20.8 Å². The van der Waals surface area contributed by atoms with Crippen LogP contribution in [0.5, 0.6) is 11.5 Å². The Kier molecular flexibility index (Phi) is 3.82. The minimum atomic E-state index is -0.367. The Labute approximate surface area is 115 Å². The van der Waals surface area contributed by atoms with E-state index < -0.39 is 0 Å². The first kappa shape index (κ1) is 13.6. The van der Waals surface area contributed by atoms with Crippen molar-refractivity contribution in [3.05, 3.63) is 21.9 Å². The van der Waals surface area contributed by atoms with E-state index in [1.807, 2.05) is 0 Å². The van der Waals surface area contributed by atoms with Crippen LogP contribution in [0.25, 0.3) is 0 Å². The maximum absolute atomic E-state index is 14.6. The van der Waals surface area contributed by atoms with E-state index in [0.29, 0.717) is 22.3 Å². The summed E-state index contributed by atoms with van der Waals surface area (Å²) >= 11 is 3.42. The van der Waals surface area contributed by atoms with E-state index in [2.05, 4.69) is 15.9 Å². The van der Waals surface area contributed by atoms with E-state index in [-0.39, 0.29) is 17.0 Å². The Morgan fingerprint density at radius 3 is 2.44 bits per heavy atom. The molecule has 100 valence electrons. The van der Waals surface area contributed by atoms with Gasteiger partial charge in [-0.2, -0.15) is 0 Å². The first-order chi connectivity index (χ1) is 8.59. The maximum atomic E-state index is 14.6. The van der Waals surface area contributed by atoms with Crippen LogP contribution in [-0.2, 0) is 5.41 Å². The van der Waals surface area contributed by atoms with Crippen molar-refractivity contribution in [2.24, 2.45) is 5.73 Å². The van der Waals surface area contributed by atoms with Crippen LogP contribution in [-0.4, -0.2) is 20.8 Å². The van der Waals surface area contributed by atoms with Gasteiger partial charge in [-0.3, -0.25) is 0 Å². The van der Waals surface area contributed by atoms with Crippen LogP contribution in [0.1, 0.15) is 24.8 Å². The van der Waals surface area contributed by atoms with Crippen LogP contribution in [0.15, 0.2) is 10.5 Å². The van der Waals surface area contributed by atoms with Crippen molar-refractivity contribution in [3.63, 3.8) is 0 Å². The number of methoxy groups -OCH3 is 2. The predicted octanol–water partition coefficient (Wildman–Crippen LogP) is 2.99. The number of nitrogens with two attached hydrogens (primary N) is 1. The minimum Gasteiger partial charge on any atom is -0.493 e. The summed E-state index contributed by atoms with van der Waals surface area (Å²) in [5, 5.41) is 0. The highest BCUT2D eigenvalue weighted by molar-refractivity contribution is 9.10. The smallest absolute Gasteiger partial charge is 0.197 e. The molecular formula is C13H17BrFNO2. The van der Waals surface area contributed by atoms with Gasteiger partial charge in [0.15, 0.2) is 17.3 Å². The highest BCUT2D eigenvalue weighted by atomic mass is 79.9. The molecule has 0 heterocycles. The third-order valence-corrected chi connectivity index (χ3v) is 4.42. The number of ether oxygens (including phenoxy) is 2. The van der Waals surface area contributed by atoms with Crippen molar-refractivity contribution in [1.82, 2.24) is 0 Å². The Hall–Kier alpha value is -0.810. The second-order valence-corrected chi connectivity index (χ2v) is 5.48. The lowest BCUT2D eigenvalue weighted by Gasteiger charge is -2.42. The lowest BCUT2D eigenvalue weighted by molar-refractivity contribution is 0.238. The zero-order valence-electron chi connectivity index (χ0n) is 10.6. The van der Waals surface area contributed by atoms with Gasteiger partial charge in [0.1, 0.15) is 0 Å². The van der Waals surface area contributed by atoms with Crippen molar-refractivity contribution >= 4 is 15.9 Å². The van der Waals surface area contributed by atoms with Gasteiger partial charge in [-0.1, -0.05) is 22.4 Å². The largest absolute Gasteiger partial charge is 0.493 e. The molecule has 0 amide bonds. The summed E-state index contributed by atoms with van der Waals surface area (Å²) in [7, 11) is 2.93. The standard InChI is InChI=1S/C13H17BrFNO2/c1-17-9-6-8(14)10(11(15)12(9)18-2)13(7-16)4-3-5-13/h6H,3-5,7,16H2,1-2H3. The summed E-state index contributed by atoms with van der Waals surface area (Å²) in [6.45, 7) is 0.442. The minimum absolute atomic E-state index is 0.149. The first-order valence-corrected chi connectivity index (χ1v) is 6.69. The van der Waals surface area contributed by atoms with E-state index in [4.69, 9.17) is 15.2 Å². The maximum Gasteiger partial charge on any atom is 0.197 e. The van der Waals surface area contributed by atoms with Gasteiger partial charge in [0.2, 0.25) is 0 Å². The van der Waals surface area contributed by atoms with Gasteiger partial charge in [-0.05, 0) is 18.9 Å². The lowest BCUT2D eigenvalue weighted by Crippen LogP contribution is -2.42. The molecule has 1 fully saturated rings. The van der Waals surface area contributed by atoms with E-state index in [0.717, 1.165) is 19.3 Å². The zero-order valence-corrected chi connectivity index (χ0v) is 12.1. The molecule has 1 aliphatic carbocycles. The third kappa shape index (κ3) is 1.89. The van der Waals surface area contributed by atoms with Gasteiger partial charge in [0.05, 0.1) is 14.2 Å². The fourth-order valence-electron chi connectivity index (χ4n) is 2.57.